The molecule has 7 heteroatoms. The SMILES string of the molecule is Cc1noc(C)c1CC(=O)NC1CCC(n2ncccc2=O)CC1. The number of nitrogens with zero attached hydrogens (tertiary/aromatic N) is 3. The standard InChI is InChI=1S/C17H22N4O3/c1-11-15(12(2)24-20-11)10-16(22)19-13-5-7-14(8-6-13)21-17(23)4-3-9-18-21/h3-4,9,13-14H,5-8,10H2,1-2H3,(H,19,22). The molecule has 1 aliphatic carbocycles. The van der Waals surface area contributed by atoms with Crippen LogP contribution in [-0.4, -0.2) is 26.9 Å². The number of aromatic nitrogens is 3. The molecule has 0 unspecified atom stereocenters. The Bertz CT molecular complexity index is 753. The summed E-state index contributed by atoms with van der Waals surface area (Å²) in [4.78, 5) is 24.1. The molecule has 0 bridgehead atoms. The summed E-state index contributed by atoms with van der Waals surface area (Å²) in [5.74, 6) is 0.684. The van der Waals surface area contributed by atoms with Gasteiger partial charge in [-0.25, -0.2) is 4.68 Å². The number of carbonyl (C=O) groups is 1. The summed E-state index contributed by atoms with van der Waals surface area (Å²) in [6, 6.07) is 3.45. The molecule has 0 saturated heterocycles. The van der Waals surface area contributed by atoms with E-state index in [1.165, 1.54) is 6.07 Å². The fourth-order valence-corrected chi connectivity index (χ4v) is 3.30. The fraction of sp³-hybridized carbons (Fsp3) is 0.529. The van der Waals surface area contributed by atoms with Gasteiger partial charge in [0.15, 0.2) is 0 Å². The Morgan fingerprint density at radius 2 is 2.08 bits per heavy atom. The summed E-state index contributed by atoms with van der Waals surface area (Å²) in [7, 11) is 0. The van der Waals surface area contributed by atoms with Crippen LogP contribution in [0.15, 0.2) is 27.6 Å². The normalized spacial score (nSPS) is 20.8. The number of aryl methyl sites for hydroxylation is 2. The van der Waals surface area contributed by atoms with Crippen LogP contribution in [0.3, 0.4) is 0 Å². The molecule has 2 aromatic rings. The Hall–Kier alpha value is -2.44. The summed E-state index contributed by atoms with van der Waals surface area (Å²) in [6.07, 6.45) is 5.31. The summed E-state index contributed by atoms with van der Waals surface area (Å²) in [5, 5.41) is 11.1. The zero-order valence-corrected chi connectivity index (χ0v) is 14.0. The highest BCUT2D eigenvalue weighted by Gasteiger charge is 2.25. The number of carbonyl (C=O) groups excluding carboxylic acids is 1. The molecule has 1 amide bonds. The molecule has 24 heavy (non-hydrogen) atoms. The number of hydrogen-bond acceptors (Lipinski definition) is 5. The summed E-state index contributed by atoms with van der Waals surface area (Å²) in [5.41, 5.74) is 1.56. The third-order valence-corrected chi connectivity index (χ3v) is 4.67. The smallest absolute Gasteiger partial charge is 0.266 e. The lowest BCUT2D eigenvalue weighted by molar-refractivity contribution is -0.121. The number of hydrogen-bond donors (Lipinski definition) is 1. The molecule has 1 N–H and O–H groups in total. The second-order valence-corrected chi connectivity index (χ2v) is 6.36. The Morgan fingerprint density at radius 3 is 2.71 bits per heavy atom. The van der Waals surface area contributed by atoms with Gasteiger partial charge in [-0.2, -0.15) is 5.10 Å². The van der Waals surface area contributed by atoms with E-state index >= 15 is 0 Å². The molecule has 0 aliphatic heterocycles. The van der Waals surface area contributed by atoms with Gasteiger partial charge in [0, 0.05) is 23.9 Å². The second-order valence-electron chi connectivity index (χ2n) is 6.36. The van der Waals surface area contributed by atoms with Gasteiger partial charge in [0.2, 0.25) is 5.91 Å². The lowest BCUT2D eigenvalue weighted by Gasteiger charge is -2.29. The minimum absolute atomic E-state index is 0.0112. The molecule has 2 heterocycles. The Balaban J connectivity index is 1.53. The molecule has 7 nitrogen and oxygen atoms in total. The van der Waals surface area contributed by atoms with Crippen molar-refractivity contribution in [2.24, 2.45) is 0 Å². The molecular weight excluding hydrogens is 308 g/mol. The van der Waals surface area contributed by atoms with Crippen molar-refractivity contribution in [3.8, 4) is 0 Å². The van der Waals surface area contributed by atoms with E-state index < -0.39 is 0 Å². The first-order valence-corrected chi connectivity index (χ1v) is 8.29. The number of rotatable bonds is 4. The monoisotopic (exact) mass is 330 g/mol. The van der Waals surface area contributed by atoms with Crippen LogP contribution in [0, 0.1) is 13.8 Å². The van der Waals surface area contributed by atoms with Gasteiger partial charge in [-0.1, -0.05) is 5.16 Å². The molecule has 3 rings (SSSR count). The van der Waals surface area contributed by atoms with Gasteiger partial charge in [-0.15, -0.1) is 0 Å². The van der Waals surface area contributed by atoms with E-state index in [0.717, 1.165) is 36.9 Å². The molecule has 1 fully saturated rings. The van der Waals surface area contributed by atoms with E-state index in [0.29, 0.717) is 12.2 Å². The van der Waals surface area contributed by atoms with E-state index in [-0.39, 0.29) is 23.6 Å². The Kier molecular flexibility index (Phi) is 4.78. The van der Waals surface area contributed by atoms with Gasteiger partial charge < -0.3 is 9.84 Å². The zero-order chi connectivity index (χ0) is 17.1. The van der Waals surface area contributed by atoms with E-state index in [4.69, 9.17) is 4.52 Å². The molecule has 0 radical (unpaired) electrons. The van der Waals surface area contributed by atoms with Crippen molar-refractivity contribution in [2.45, 2.75) is 58.0 Å². The Labute approximate surface area is 140 Å². The van der Waals surface area contributed by atoms with E-state index in [2.05, 4.69) is 15.6 Å². The average Bonchev–Trinajstić information content (AvgIpc) is 2.88. The quantitative estimate of drug-likeness (QED) is 0.921. The van der Waals surface area contributed by atoms with Gasteiger partial charge in [0.1, 0.15) is 5.76 Å². The molecule has 128 valence electrons. The van der Waals surface area contributed by atoms with E-state index in [1.807, 2.05) is 13.8 Å². The number of nitrogens with one attached hydrogen (secondary N) is 1. The predicted octanol–water partition coefficient (Wildman–Crippen LogP) is 1.69. The van der Waals surface area contributed by atoms with Crippen molar-refractivity contribution in [1.29, 1.82) is 0 Å². The summed E-state index contributed by atoms with van der Waals surface area (Å²) in [6.45, 7) is 3.66. The maximum atomic E-state index is 12.2. The van der Waals surface area contributed by atoms with Crippen LogP contribution in [-0.2, 0) is 11.2 Å². The van der Waals surface area contributed by atoms with Crippen LogP contribution in [0.25, 0.3) is 0 Å². The molecule has 0 spiro atoms. The zero-order valence-electron chi connectivity index (χ0n) is 14.0. The summed E-state index contributed by atoms with van der Waals surface area (Å²) >= 11 is 0. The minimum Gasteiger partial charge on any atom is -0.361 e. The highest BCUT2D eigenvalue weighted by Crippen LogP contribution is 2.26. The van der Waals surface area contributed by atoms with Crippen LogP contribution in [0.2, 0.25) is 0 Å². The van der Waals surface area contributed by atoms with E-state index in [1.54, 1.807) is 16.9 Å². The summed E-state index contributed by atoms with van der Waals surface area (Å²) < 4.78 is 6.65. The van der Waals surface area contributed by atoms with E-state index in [9.17, 15) is 9.59 Å². The first-order valence-electron chi connectivity index (χ1n) is 8.29. The molecule has 2 aromatic heterocycles. The highest BCUT2D eigenvalue weighted by molar-refractivity contribution is 5.79. The van der Waals surface area contributed by atoms with Gasteiger partial charge in [0.05, 0.1) is 18.2 Å². The van der Waals surface area contributed by atoms with Gasteiger partial charge in [-0.3, -0.25) is 9.59 Å². The van der Waals surface area contributed by atoms with Crippen molar-refractivity contribution in [3.63, 3.8) is 0 Å². The van der Waals surface area contributed by atoms with Crippen molar-refractivity contribution >= 4 is 5.91 Å². The molecule has 1 saturated carbocycles. The van der Waals surface area contributed by atoms with Gasteiger partial charge in [0.25, 0.3) is 5.56 Å². The first-order chi connectivity index (χ1) is 11.5. The second kappa shape index (κ2) is 6.98. The van der Waals surface area contributed by atoms with Gasteiger partial charge in [-0.05, 0) is 45.6 Å². The van der Waals surface area contributed by atoms with Crippen molar-refractivity contribution < 1.29 is 9.32 Å². The van der Waals surface area contributed by atoms with Crippen LogP contribution in [0.5, 0.6) is 0 Å². The van der Waals surface area contributed by atoms with Crippen LogP contribution in [0.4, 0.5) is 0 Å². The first kappa shape index (κ1) is 16.4. The topological polar surface area (TPSA) is 90.0 Å². The lowest BCUT2D eigenvalue weighted by Crippen LogP contribution is -2.40. The number of amides is 1. The third-order valence-electron chi connectivity index (χ3n) is 4.67. The largest absolute Gasteiger partial charge is 0.361 e. The van der Waals surface area contributed by atoms with Crippen molar-refractivity contribution in [1.82, 2.24) is 20.3 Å². The van der Waals surface area contributed by atoms with Crippen molar-refractivity contribution in [3.05, 3.63) is 45.7 Å². The van der Waals surface area contributed by atoms with Crippen molar-refractivity contribution in [2.75, 3.05) is 0 Å². The Morgan fingerprint density at radius 1 is 1.33 bits per heavy atom. The lowest BCUT2D eigenvalue weighted by atomic mass is 9.91. The van der Waals surface area contributed by atoms with Crippen LogP contribution in [0.1, 0.15) is 48.7 Å². The molecule has 1 aliphatic rings. The maximum absolute atomic E-state index is 12.2. The van der Waals surface area contributed by atoms with Crippen LogP contribution >= 0.6 is 0 Å². The molecule has 0 aromatic carbocycles. The van der Waals surface area contributed by atoms with Gasteiger partial charge >= 0.3 is 0 Å². The maximum Gasteiger partial charge on any atom is 0.266 e. The molecule has 0 atom stereocenters. The fourth-order valence-electron chi connectivity index (χ4n) is 3.30. The third kappa shape index (κ3) is 3.55. The highest BCUT2D eigenvalue weighted by atomic mass is 16.5. The average molecular weight is 330 g/mol. The predicted molar refractivity (Wildman–Crippen MR) is 87.6 cm³/mol. The molecular formula is C17H22N4O3. The van der Waals surface area contributed by atoms with Crippen LogP contribution < -0.4 is 10.9 Å². The minimum atomic E-state index is -0.0663.